The number of hydrogen-bond donors (Lipinski definition) is 2. The molecule has 0 saturated heterocycles. The second-order valence-electron chi connectivity index (χ2n) is 3.20. The minimum Gasteiger partial charge on any atom is -0.481 e. The Balaban J connectivity index is 4.00. The second-order valence-corrected chi connectivity index (χ2v) is 3.20. The molecule has 0 aromatic heterocycles. The van der Waals surface area contributed by atoms with Crippen LogP contribution in [0.25, 0.3) is 0 Å². The molecular weight excluding hydrogens is 224 g/mol. The number of carboxylic acids is 1. The maximum absolute atomic E-state index is 12.0. The minimum absolute atomic E-state index is 0.0982. The van der Waals surface area contributed by atoms with Crippen LogP contribution in [-0.4, -0.2) is 53.1 Å². The van der Waals surface area contributed by atoms with Crippen molar-refractivity contribution < 1.29 is 28.6 Å². The first-order valence-electron chi connectivity index (χ1n) is 4.86. The summed E-state index contributed by atoms with van der Waals surface area (Å²) in [5, 5.41) is 16.9. The third-order valence-electron chi connectivity index (χ3n) is 1.86. The van der Waals surface area contributed by atoms with E-state index in [9.17, 15) is 18.4 Å². The summed E-state index contributed by atoms with van der Waals surface area (Å²) in [7, 11) is 0. The van der Waals surface area contributed by atoms with Crippen molar-refractivity contribution in [2.24, 2.45) is 0 Å². The Morgan fingerprint density at radius 3 is 2.31 bits per heavy atom. The van der Waals surface area contributed by atoms with Crippen molar-refractivity contribution in [1.29, 1.82) is 0 Å². The van der Waals surface area contributed by atoms with Crippen LogP contribution in [-0.2, 0) is 9.59 Å². The molecule has 0 fully saturated rings. The molecule has 16 heavy (non-hydrogen) atoms. The van der Waals surface area contributed by atoms with E-state index in [0.29, 0.717) is 0 Å². The van der Waals surface area contributed by atoms with Gasteiger partial charge in [0.1, 0.15) is 0 Å². The first kappa shape index (κ1) is 14.8. The maximum atomic E-state index is 12.0. The van der Waals surface area contributed by atoms with E-state index < -0.39 is 31.5 Å². The van der Waals surface area contributed by atoms with Crippen molar-refractivity contribution in [3.8, 4) is 0 Å². The van der Waals surface area contributed by atoms with Crippen LogP contribution in [0.1, 0.15) is 19.3 Å². The van der Waals surface area contributed by atoms with E-state index in [-0.39, 0.29) is 25.8 Å². The van der Waals surface area contributed by atoms with Gasteiger partial charge >= 0.3 is 5.97 Å². The summed E-state index contributed by atoms with van der Waals surface area (Å²) in [5.74, 6) is -1.59. The van der Waals surface area contributed by atoms with Crippen molar-refractivity contribution in [2.75, 3.05) is 19.7 Å². The van der Waals surface area contributed by atoms with Crippen molar-refractivity contribution in [1.82, 2.24) is 4.90 Å². The SMILES string of the molecule is O=C(O)CCCC(=O)N(CCO)CC(F)F. The molecule has 7 heteroatoms. The molecule has 0 bridgehead atoms. The van der Waals surface area contributed by atoms with Crippen LogP contribution >= 0.6 is 0 Å². The quantitative estimate of drug-likeness (QED) is 0.639. The fraction of sp³-hybridized carbons (Fsp3) is 0.778. The van der Waals surface area contributed by atoms with Crippen molar-refractivity contribution in [2.45, 2.75) is 25.7 Å². The molecule has 0 aromatic carbocycles. The zero-order chi connectivity index (χ0) is 12.6. The summed E-state index contributed by atoms with van der Waals surface area (Å²) >= 11 is 0. The van der Waals surface area contributed by atoms with Gasteiger partial charge in [-0.3, -0.25) is 9.59 Å². The summed E-state index contributed by atoms with van der Waals surface area (Å²) < 4.78 is 24.1. The molecule has 0 rings (SSSR count). The minimum atomic E-state index is -2.66. The number of hydrogen-bond acceptors (Lipinski definition) is 3. The zero-order valence-electron chi connectivity index (χ0n) is 8.73. The number of aliphatic hydroxyl groups is 1. The Hall–Kier alpha value is -1.24. The summed E-state index contributed by atoms with van der Waals surface area (Å²) in [6.07, 6.45) is -2.82. The molecule has 1 amide bonds. The molecular formula is C9H15F2NO4. The van der Waals surface area contributed by atoms with E-state index in [2.05, 4.69) is 0 Å². The lowest BCUT2D eigenvalue weighted by atomic mass is 10.2. The number of aliphatic hydroxyl groups excluding tert-OH is 1. The predicted molar refractivity (Wildman–Crippen MR) is 51.2 cm³/mol. The Morgan fingerprint density at radius 2 is 1.88 bits per heavy atom. The normalized spacial score (nSPS) is 10.5. The zero-order valence-corrected chi connectivity index (χ0v) is 8.73. The third-order valence-corrected chi connectivity index (χ3v) is 1.86. The molecule has 0 spiro atoms. The second kappa shape index (κ2) is 7.98. The van der Waals surface area contributed by atoms with Crippen LogP contribution in [0.4, 0.5) is 8.78 Å². The summed E-state index contributed by atoms with van der Waals surface area (Å²) in [6, 6.07) is 0. The fourth-order valence-corrected chi connectivity index (χ4v) is 1.15. The Kier molecular flexibility index (Phi) is 7.36. The highest BCUT2D eigenvalue weighted by atomic mass is 19.3. The van der Waals surface area contributed by atoms with Crippen molar-refractivity contribution in [3.05, 3.63) is 0 Å². The van der Waals surface area contributed by atoms with Crippen LogP contribution in [0.2, 0.25) is 0 Å². The molecule has 5 nitrogen and oxygen atoms in total. The first-order valence-corrected chi connectivity index (χ1v) is 4.86. The number of carbonyl (C=O) groups is 2. The van der Waals surface area contributed by atoms with E-state index in [0.717, 1.165) is 4.90 Å². The number of aliphatic carboxylic acids is 1. The summed E-state index contributed by atoms with van der Waals surface area (Å²) in [4.78, 5) is 22.3. The molecule has 0 aliphatic carbocycles. The van der Waals surface area contributed by atoms with E-state index in [4.69, 9.17) is 10.2 Å². The van der Waals surface area contributed by atoms with Crippen LogP contribution in [0, 0.1) is 0 Å². The van der Waals surface area contributed by atoms with Gasteiger partial charge in [-0.25, -0.2) is 8.78 Å². The standard InChI is InChI=1S/C9H15F2NO4/c10-7(11)6-12(4-5-13)8(14)2-1-3-9(15)16/h7,13H,1-6H2,(H,15,16). The number of halogens is 2. The van der Waals surface area contributed by atoms with Crippen LogP contribution in [0.5, 0.6) is 0 Å². The lowest BCUT2D eigenvalue weighted by molar-refractivity contribution is -0.137. The van der Waals surface area contributed by atoms with Crippen LogP contribution in [0.15, 0.2) is 0 Å². The summed E-state index contributed by atoms with van der Waals surface area (Å²) in [6.45, 7) is -1.28. The topological polar surface area (TPSA) is 77.8 Å². The molecule has 2 N–H and O–H groups in total. The van der Waals surface area contributed by atoms with Gasteiger partial charge in [-0.2, -0.15) is 0 Å². The van der Waals surface area contributed by atoms with Crippen LogP contribution in [0.3, 0.4) is 0 Å². The lowest BCUT2D eigenvalue weighted by Crippen LogP contribution is -2.37. The molecule has 94 valence electrons. The van der Waals surface area contributed by atoms with Gasteiger partial charge in [0, 0.05) is 19.4 Å². The number of carbonyl (C=O) groups excluding carboxylic acids is 1. The van der Waals surface area contributed by atoms with Gasteiger partial charge in [0.25, 0.3) is 6.43 Å². The van der Waals surface area contributed by atoms with E-state index in [1.807, 2.05) is 0 Å². The Morgan fingerprint density at radius 1 is 1.25 bits per heavy atom. The van der Waals surface area contributed by atoms with Gasteiger partial charge in [0.15, 0.2) is 0 Å². The van der Waals surface area contributed by atoms with E-state index >= 15 is 0 Å². The summed E-state index contributed by atoms with van der Waals surface area (Å²) in [5.41, 5.74) is 0. The van der Waals surface area contributed by atoms with Crippen LogP contribution < -0.4 is 0 Å². The number of amides is 1. The average molecular weight is 239 g/mol. The Bertz CT molecular complexity index is 236. The highest BCUT2D eigenvalue weighted by Crippen LogP contribution is 2.04. The van der Waals surface area contributed by atoms with Crippen molar-refractivity contribution >= 4 is 11.9 Å². The number of alkyl halides is 2. The molecule has 0 heterocycles. The van der Waals surface area contributed by atoms with Gasteiger partial charge in [-0.1, -0.05) is 0 Å². The number of nitrogens with zero attached hydrogens (tertiary/aromatic N) is 1. The van der Waals surface area contributed by atoms with Gasteiger partial charge in [-0.05, 0) is 6.42 Å². The Labute approximate surface area is 91.7 Å². The molecule has 0 atom stereocenters. The van der Waals surface area contributed by atoms with Gasteiger partial charge in [-0.15, -0.1) is 0 Å². The molecule has 0 radical (unpaired) electrons. The van der Waals surface area contributed by atoms with Gasteiger partial charge in [0.2, 0.25) is 5.91 Å². The lowest BCUT2D eigenvalue weighted by Gasteiger charge is -2.21. The van der Waals surface area contributed by atoms with E-state index in [1.54, 1.807) is 0 Å². The first-order chi connectivity index (χ1) is 7.47. The smallest absolute Gasteiger partial charge is 0.303 e. The molecule has 0 aliphatic rings. The largest absolute Gasteiger partial charge is 0.481 e. The molecule has 0 aromatic rings. The molecule has 0 unspecified atom stereocenters. The fourth-order valence-electron chi connectivity index (χ4n) is 1.15. The van der Waals surface area contributed by atoms with Gasteiger partial charge in [0.05, 0.1) is 13.2 Å². The highest BCUT2D eigenvalue weighted by Gasteiger charge is 2.17. The highest BCUT2D eigenvalue weighted by molar-refractivity contribution is 5.77. The third kappa shape index (κ3) is 7.10. The number of carboxylic acid groups (broad SMARTS) is 1. The van der Waals surface area contributed by atoms with Gasteiger partial charge < -0.3 is 15.1 Å². The average Bonchev–Trinajstić information content (AvgIpc) is 2.15. The molecule has 0 aliphatic heterocycles. The molecule has 0 saturated carbocycles. The monoisotopic (exact) mass is 239 g/mol. The van der Waals surface area contributed by atoms with Crippen molar-refractivity contribution in [3.63, 3.8) is 0 Å². The maximum Gasteiger partial charge on any atom is 0.303 e. The predicted octanol–water partition coefficient (Wildman–Crippen LogP) is 0.327. The number of rotatable bonds is 8. The van der Waals surface area contributed by atoms with E-state index in [1.165, 1.54) is 0 Å².